The maximum Gasteiger partial charge on any atom is 0.301 e. The number of hydrogen-bond acceptors (Lipinski definition) is 3. The first kappa shape index (κ1) is 16.2. The predicted molar refractivity (Wildman–Crippen MR) is 75.1 cm³/mol. The molecule has 0 amide bonds. The molecule has 0 saturated heterocycles. The molecule has 0 spiro atoms. The second-order valence-electron chi connectivity index (χ2n) is 3.99. The van der Waals surface area contributed by atoms with Gasteiger partial charge in [-0.3, -0.25) is 4.72 Å². The summed E-state index contributed by atoms with van der Waals surface area (Å²) in [6, 6.07) is 4.15. The third kappa shape index (κ3) is 4.61. The van der Waals surface area contributed by atoms with Crippen LogP contribution in [0.5, 0.6) is 0 Å². The highest BCUT2D eigenvalue weighted by atomic mass is 35.5. The molecule has 0 unspecified atom stereocenters. The van der Waals surface area contributed by atoms with Crippen LogP contribution in [-0.2, 0) is 10.2 Å². The Balaban J connectivity index is 2.76. The van der Waals surface area contributed by atoms with Crippen LogP contribution in [0.1, 0.15) is 6.42 Å². The summed E-state index contributed by atoms with van der Waals surface area (Å²) in [4.78, 5) is 0. The van der Waals surface area contributed by atoms with Gasteiger partial charge in [0.05, 0.1) is 10.7 Å². The average molecular weight is 310 g/mol. The van der Waals surface area contributed by atoms with E-state index in [0.717, 1.165) is 4.31 Å². The van der Waals surface area contributed by atoms with E-state index >= 15 is 0 Å². The molecule has 0 fully saturated rings. The van der Waals surface area contributed by atoms with Gasteiger partial charge in [0.25, 0.3) is 0 Å². The number of nitrogens with zero attached hydrogens (tertiary/aromatic N) is 1. The van der Waals surface area contributed by atoms with Gasteiger partial charge in [-0.1, -0.05) is 17.7 Å². The van der Waals surface area contributed by atoms with Crippen molar-refractivity contribution in [3.63, 3.8) is 0 Å². The summed E-state index contributed by atoms with van der Waals surface area (Å²) in [7, 11) is -0.559. The summed E-state index contributed by atoms with van der Waals surface area (Å²) in [5.41, 5.74) is -0.159. The molecular formula is C11H17ClFN3O2S. The molecule has 0 heterocycles. The molecule has 0 atom stereocenters. The van der Waals surface area contributed by atoms with Crippen LogP contribution in [0.3, 0.4) is 0 Å². The highest BCUT2D eigenvalue weighted by molar-refractivity contribution is 7.90. The zero-order valence-electron chi connectivity index (χ0n) is 10.8. The van der Waals surface area contributed by atoms with E-state index in [9.17, 15) is 12.8 Å². The van der Waals surface area contributed by atoms with Gasteiger partial charge in [-0.05, 0) is 32.1 Å². The van der Waals surface area contributed by atoms with Crippen LogP contribution in [0.4, 0.5) is 10.1 Å². The number of anilines is 1. The van der Waals surface area contributed by atoms with E-state index in [2.05, 4.69) is 10.0 Å². The van der Waals surface area contributed by atoms with Crippen LogP contribution in [0.2, 0.25) is 5.02 Å². The second-order valence-corrected chi connectivity index (χ2v) is 6.17. The van der Waals surface area contributed by atoms with Gasteiger partial charge in [0, 0.05) is 13.6 Å². The normalized spacial score (nSPS) is 11.8. The lowest BCUT2D eigenvalue weighted by molar-refractivity contribution is 0.462. The van der Waals surface area contributed by atoms with E-state index in [1.807, 2.05) is 0 Å². The molecule has 0 aliphatic carbocycles. The maximum atomic E-state index is 13.6. The fourth-order valence-corrected chi connectivity index (χ4v) is 2.53. The Hall–Kier alpha value is -0.890. The third-order valence-corrected chi connectivity index (χ3v) is 4.27. The lowest BCUT2D eigenvalue weighted by Crippen LogP contribution is -2.34. The Kier molecular flexibility index (Phi) is 5.99. The van der Waals surface area contributed by atoms with E-state index in [4.69, 9.17) is 11.6 Å². The number of nitrogens with one attached hydrogen (secondary N) is 2. The van der Waals surface area contributed by atoms with Gasteiger partial charge in [0.1, 0.15) is 0 Å². The Morgan fingerprint density at radius 1 is 1.42 bits per heavy atom. The molecule has 2 N–H and O–H groups in total. The minimum atomic E-state index is -3.78. The summed E-state index contributed by atoms with van der Waals surface area (Å²) in [5, 5.41) is 2.79. The van der Waals surface area contributed by atoms with E-state index in [1.54, 1.807) is 7.05 Å². The molecule has 1 aromatic rings. The first-order valence-corrected chi connectivity index (χ1v) is 7.53. The lowest BCUT2D eigenvalue weighted by Gasteiger charge is -2.18. The van der Waals surface area contributed by atoms with E-state index in [1.165, 1.54) is 25.2 Å². The SMILES string of the molecule is CNCCCN(C)S(=O)(=O)Nc1cccc(Cl)c1F. The number of halogens is 2. The first-order chi connectivity index (χ1) is 8.88. The molecule has 5 nitrogen and oxygen atoms in total. The van der Waals surface area contributed by atoms with Crippen LogP contribution in [-0.4, -0.2) is 39.9 Å². The zero-order valence-corrected chi connectivity index (χ0v) is 12.4. The Labute approximate surface area is 117 Å². The monoisotopic (exact) mass is 309 g/mol. The van der Waals surface area contributed by atoms with Crippen LogP contribution < -0.4 is 10.0 Å². The van der Waals surface area contributed by atoms with Crippen molar-refractivity contribution in [1.82, 2.24) is 9.62 Å². The minimum Gasteiger partial charge on any atom is -0.320 e. The van der Waals surface area contributed by atoms with Gasteiger partial charge >= 0.3 is 10.2 Å². The second kappa shape index (κ2) is 7.04. The molecule has 0 aliphatic heterocycles. The number of rotatable bonds is 7. The Morgan fingerprint density at radius 2 is 2.11 bits per heavy atom. The van der Waals surface area contributed by atoms with Crippen LogP contribution >= 0.6 is 11.6 Å². The van der Waals surface area contributed by atoms with Gasteiger partial charge in [-0.2, -0.15) is 12.7 Å². The van der Waals surface area contributed by atoms with Crippen molar-refractivity contribution in [3.05, 3.63) is 29.0 Å². The van der Waals surface area contributed by atoms with E-state index in [-0.39, 0.29) is 10.7 Å². The number of hydrogen-bond donors (Lipinski definition) is 2. The van der Waals surface area contributed by atoms with Crippen molar-refractivity contribution >= 4 is 27.5 Å². The summed E-state index contributed by atoms with van der Waals surface area (Å²) >= 11 is 5.59. The predicted octanol–water partition coefficient (Wildman–Crippen LogP) is 1.68. The first-order valence-electron chi connectivity index (χ1n) is 5.71. The fraction of sp³-hybridized carbons (Fsp3) is 0.455. The van der Waals surface area contributed by atoms with Crippen molar-refractivity contribution in [1.29, 1.82) is 0 Å². The van der Waals surface area contributed by atoms with Crippen molar-refractivity contribution < 1.29 is 12.8 Å². The largest absolute Gasteiger partial charge is 0.320 e. The van der Waals surface area contributed by atoms with E-state index in [0.29, 0.717) is 19.5 Å². The minimum absolute atomic E-state index is 0.127. The molecule has 19 heavy (non-hydrogen) atoms. The summed E-state index contributed by atoms with van der Waals surface area (Å²) < 4.78 is 40.8. The molecule has 8 heteroatoms. The van der Waals surface area contributed by atoms with Crippen molar-refractivity contribution in [2.75, 3.05) is 31.9 Å². The molecule has 1 rings (SSSR count). The summed E-state index contributed by atoms with van der Waals surface area (Å²) in [6.07, 6.45) is 0.659. The molecule has 0 radical (unpaired) electrons. The molecule has 0 aliphatic rings. The Bertz CT molecular complexity index is 525. The van der Waals surface area contributed by atoms with E-state index < -0.39 is 16.0 Å². The Morgan fingerprint density at radius 3 is 2.74 bits per heavy atom. The van der Waals surface area contributed by atoms with Gasteiger partial charge in [-0.25, -0.2) is 4.39 Å². The van der Waals surface area contributed by atoms with Crippen LogP contribution in [0.15, 0.2) is 18.2 Å². The molecule has 0 saturated carbocycles. The van der Waals surface area contributed by atoms with Gasteiger partial charge in [-0.15, -0.1) is 0 Å². The van der Waals surface area contributed by atoms with Crippen molar-refractivity contribution in [2.24, 2.45) is 0 Å². The molecule has 0 aromatic heterocycles. The van der Waals surface area contributed by atoms with Crippen LogP contribution in [0.25, 0.3) is 0 Å². The van der Waals surface area contributed by atoms with Crippen molar-refractivity contribution in [2.45, 2.75) is 6.42 Å². The number of benzene rings is 1. The smallest absolute Gasteiger partial charge is 0.301 e. The zero-order chi connectivity index (χ0) is 14.5. The summed E-state index contributed by atoms with van der Waals surface area (Å²) in [5.74, 6) is -0.781. The highest BCUT2D eigenvalue weighted by Gasteiger charge is 2.19. The topological polar surface area (TPSA) is 61.4 Å². The standard InChI is InChI=1S/C11H17ClFN3O2S/c1-14-7-4-8-16(2)19(17,18)15-10-6-3-5-9(12)11(10)13/h3,5-6,14-15H,4,7-8H2,1-2H3. The van der Waals surface area contributed by atoms with Gasteiger partial charge < -0.3 is 5.32 Å². The average Bonchev–Trinajstić information content (AvgIpc) is 2.35. The molecule has 108 valence electrons. The fourth-order valence-electron chi connectivity index (χ4n) is 1.40. The third-order valence-electron chi connectivity index (χ3n) is 2.50. The molecule has 1 aromatic carbocycles. The van der Waals surface area contributed by atoms with Crippen molar-refractivity contribution in [3.8, 4) is 0 Å². The van der Waals surface area contributed by atoms with Gasteiger partial charge in [0.15, 0.2) is 5.82 Å². The molecule has 0 bridgehead atoms. The lowest BCUT2D eigenvalue weighted by atomic mass is 10.3. The quantitative estimate of drug-likeness (QED) is 0.753. The highest BCUT2D eigenvalue weighted by Crippen LogP contribution is 2.23. The van der Waals surface area contributed by atoms with Gasteiger partial charge in [0.2, 0.25) is 0 Å². The summed E-state index contributed by atoms with van der Waals surface area (Å²) in [6.45, 7) is 1.03. The van der Waals surface area contributed by atoms with Crippen LogP contribution in [0, 0.1) is 5.82 Å². The molecular weight excluding hydrogens is 293 g/mol. The maximum absolute atomic E-state index is 13.6.